The second-order valence-corrected chi connectivity index (χ2v) is 5.34. The van der Waals surface area contributed by atoms with Crippen molar-refractivity contribution in [1.29, 1.82) is 0 Å². The molecule has 0 atom stereocenters. The standard InChI is InChI=1S/C14H18N2OS/c1-10-13(9-15)18-14(16-10)8-5-11-3-6-12(17-2)7-4-11/h3-4,6-7H,5,8-9,15H2,1-2H3. The maximum atomic E-state index is 5.66. The molecule has 0 saturated carbocycles. The van der Waals surface area contributed by atoms with E-state index in [1.54, 1.807) is 18.4 Å². The van der Waals surface area contributed by atoms with E-state index >= 15 is 0 Å². The molecular formula is C14H18N2OS. The average Bonchev–Trinajstić information content (AvgIpc) is 2.77. The normalized spacial score (nSPS) is 10.6. The molecule has 0 saturated heterocycles. The van der Waals surface area contributed by atoms with Crippen LogP contribution in [0.3, 0.4) is 0 Å². The third kappa shape index (κ3) is 3.09. The van der Waals surface area contributed by atoms with E-state index in [1.807, 2.05) is 19.1 Å². The second kappa shape index (κ2) is 5.98. The average molecular weight is 262 g/mol. The second-order valence-electron chi connectivity index (χ2n) is 4.17. The number of ether oxygens (including phenoxy) is 1. The monoisotopic (exact) mass is 262 g/mol. The molecule has 0 aliphatic heterocycles. The Balaban J connectivity index is 1.97. The first kappa shape index (κ1) is 13.1. The van der Waals surface area contributed by atoms with Gasteiger partial charge in [0.1, 0.15) is 5.75 Å². The molecule has 1 aromatic carbocycles. The van der Waals surface area contributed by atoms with Gasteiger partial charge in [-0.2, -0.15) is 0 Å². The smallest absolute Gasteiger partial charge is 0.118 e. The first-order valence-corrected chi connectivity index (χ1v) is 6.82. The summed E-state index contributed by atoms with van der Waals surface area (Å²) in [4.78, 5) is 5.74. The van der Waals surface area contributed by atoms with E-state index in [0.717, 1.165) is 24.3 Å². The number of thiazole rings is 1. The van der Waals surface area contributed by atoms with Gasteiger partial charge in [0.15, 0.2) is 0 Å². The van der Waals surface area contributed by atoms with Crippen LogP contribution in [0.2, 0.25) is 0 Å². The van der Waals surface area contributed by atoms with Gasteiger partial charge in [0.05, 0.1) is 17.8 Å². The molecule has 0 unspecified atom stereocenters. The molecule has 2 aromatic rings. The lowest BCUT2D eigenvalue weighted by atomic mass is 10.1. The number of rotatable bonds is 5. The molecule has 0 amide bonds. The van der Waals surface area contributed by atoms with Crippen molar-refractivity contribution in [2.45, 2.75) is 26.3 Å². The third-order valence-corrected chi connectivity index (χ3v) is 4.15. The zero-order valence-corrected chi connectivity index (χ0v) is 11.6. The molecule has 4 heteroatoms. The molecule has 0 fully saturated rings. The summed E-state index contributed by atoms with van der Waals surface area (Å²) in [7, 11) is 1.68. The highest BCUT2D eigenvalue weighted by molar-refractivity contribution is 7.11. The summed E-state index contributed by atoms with van der Waals surface area (Å²) in [6.45, 7) is 2.61. The number of aromatic nitrogens is 1. The van der Waals surface area contributed by atoms with Crippen molar-refractivity contribution in [2.75, 3.05) is 7.11 Å². The van der Waals surface area contributed by atoms with Gasteiger partial charge >= 0.3 is 0 Å². The van der Waals surface area contributed by atoms with Crippen molar-refractivity contribution in [2.24, 2.45) is 5.73 Å². The number of nitrogens with zero attached hydrogens (tertiary/aromatic N) is 1. The highest BCUT2D eigenvalue weighted by Crippen LogP contribution is 2.19. The van der Waals surface area contributed by atoms with E-state index in [1.165, 1.54) is 15.4 Å². The first-order valence-electron chi connectivity index (χ1n) is 6.01. The summed E-state index contributed by atoms with van der Waals surface area (Å²) >= 11 is 1.73. The summed E-state index contributed by atoms with van der Waals surface area (Å²) < 4.78 is 5.14. The van der Waals surface area contributed by atoms with Crippen LogP contribution in [0.5, 0.6) is 5.75 Å². The van der Waals surface area contributed by atoms with Crippen LogP contribution in [-0.4, -0.2) is 12.1 Å². The van der Waals surface area contributed by atoms with Crippen LogP contribution in [0, 0.1) is 6.92 Å². The lowest BCUT2D eigenvalue weighted by Gasteiger charge is -2.02. The summed E-state index contributed by atoms with van der Waals surface area (Å²) in [5, 5.41) is 1.17. The van der Waals surface area contributed by atoms with Crippen molar-refractivity contribution in [3.05, 3.63) is 45.4 Å². The van der Waals surface area contributed by atoms with Crippen molar-refractivity contribution in [3.8, 4) is 5.75 Å². The van der Waals surface area contributed by atoms with E-state index in [0.29, 0.717) is 6.54 Å². The Morgan fingerprint density at radius 3 is 2.50 bits per heavy atom. The van der Waals surface area contributed by atoms with Crippen LogP contribution in [0.25, 0.3) is 0 Å². The molecule has 2 N–H and O–H groups in total. The molecule has 18 heavy (non-hydrogen) atoms. The number of hydrogen-bond donors (Lipinski definition) is 1. The predicted molar refractivity (Wildman–Crippen MR) is 75.1 cm³/mol. The quantitative estimate of drug-likeness (QED) is 0.901. The molecule has 3 nitrogen and oxygen atoms in total. The summed E-state index contributed by atoms with van der Waals surface area (Å²) in [6, 6.07) is 8.19. The maximum Gasteiger partial charge on any atom is 0.118 e. The van der Waals surface area contributed by atoms with Crippen molar-refractivity contribution in [1.82, 2.24) is 4.98 Å². The Hall–Kier alpha value is -1.39. The van der Waals surface area contributed by atoms with Crippen LogP contribution in [-0.2, 0) is 19.4 Å². The zero-order valence-electron chi connectivity index (χ0n) is 10.8. The van der Waals surface area contributed by atoms with Gasteiger partial charge in [-0.25, -0.2) is 4.98 Å². The van der Waals surface area contributed by atoms with Gasteiger partial charge in [-0.1, -0.05) is 12.1 Å². The van der Waals surface area contributed by atoms with E-state index in [9.17, 15) is 0 Å². The maximum absolute atomic E-state index is 5.66. The van der Waals surface area contributed by atoms with Crippen LogP contribution < -0.4 is 10.5 Å². The minimum Gasteiger partial charge on any atom is -0.497 e. The molecule has 0 aliphatic rings. The molecule has 2 rings (SSSR count). The fourth-order valence-corrected chi connectivity index (χ4v) is 2.78. The number of benzene rings is 1. The highest BCUT2D eigenvalue weighted by atomic mass is 32.1. The molecule has 1 heterocycles. The van der Waals surface area contributed by atoms with Gasteiger partial charge in [-0.3, -0.25) is 0 Å². The first-order chi connectivity index (χ1) is 8.72. The van der Waals surface area contributed by atoms with Crippen molar-refractivity contribution >= 4 is 11.3 Å². The minimum absolute atomic E-state index is 0.589. The Bertz CT molecular complexity index is 505. The number of hydrogen-bond acceptors (Lipinski definition) is 4. The lowest BCUT2D eigenvalue weighted by Crippen LogP contribution is -1.94. The molecule has 0 bridgehead atoms. The van der Waals surface area contributed by atoms with Crippen molar-refractivity contribution in [3.63, 3.8) is 0 Å². The minimum atomic E-state index is 0.589. The predicted octanol–water partition coefficient (Wildman–Crippen LogP) is 2.70. The fourth-order valence-electron chi connectivity index (χ4n) is 1.83. The van der Waals surface area contributed by atoms with E-state index < -0.39 is 0 Å². The Morgan fingerprint density at radius 1 is 1.22 bits per heavy atom. The molecular weight excluding hydrogens is 244 g/mol. The zero-order chi connectivity index (χ0) is 13.0. The Labute approximate surface area is 112 Å². The number of aryl methyl sites for hydroxylation is 3. The SMILES string of the molecule is COc1ccc(CCc2nc(C)c(CN)s2)cc1. The summed E-state index contributed by atoms with van der Waals surface area (Å²) in [6.07, 6.45) is 1.97. The number of nitrogens with two attached hydrogens (primary N) is 1. The van der Waals surface area contributed by atoms with Crippen molar-refractivity contribution < 1.29 is 4.74 Å². The summed E-state index contributed by atoms with van der Waals surface area (Å²) in [5.74, 6) is 0.897. The molecule has 0 aliphatic carbocycles. The summed E-state index contributed by atoms with van der Waals surface area (Å²) in [5.41, 5.74) is 8.04. The van der Waals surface area contributed by atoms with Gasteiger partial charge < -0.3 is 10.5 Å². The van der Waals surface area contributed by atoms with Crippen LogP contribution >= 0.6 is 11.3 Å². The van der Waals surface area contributed by atoms with Gasteiger partial charge in [0, 0.05) is 17.8 Å². The van der Waals surface area contributed by atoms with E-state index in [2.05, 4.69) is 17.1 Å². The van der Waals surface area contributed by atoms with Crippen LogP contribution in [0.15, 0.2) is 24.3 Å². The molecule has 1 aromatic heterocycles. The number of methoxy groups -OCH3 is 1. The van der Waals surface area contributed by atoms with Gasteiger partial charge in [0.25, 0.3) is 0 Å². The van der Waals surface area contributed by atoms with Gasteiger partial charge in [-0.05, 0) is 31.0 Å². The Kier molecular flexibility index (Phi) is 4.33. The van der Waals surface area contributed by atoms with Crippen LogP contribution in [0.4, 0.5) is 0 Å². The van der Waals surface area contributed by atoms with E-state index in [-0.39, 0.29) is 0 Å². The van der Waals surface area contributed by atoms with Gasteiger partial charge in [0.2, 0.25) is 0 Å². The highest BCUT2D eigenvalue weighted by Gasteiger charge is 2.06. The third-order valence-electron chi connectivity index (χ3n) is 2.91. The van der Waals surface area contributed by atoms with Gasteiger partial charge in [-0.15, -0.1) is 11.3 Å². The molecule has 0 spiro atoms. The van der Waals surface area contributed by atoms with E-state index in [4.69, 9.17) is 10.5 Å². The lowest BCUT2D eigenvalue weighted by molar-refractivity contribution is 0.414. The fraction of sp³-hybridized carbons (Fsp3) is 0.357. The molecule has 0 radical (unpaired) electrons. The topological polar surface area (TPSA) is 48.1 Å². The largest absolute Gasteiger partial charge is 0.497 e. The molecule has 96 valence electrons. The van der Waals surface area contributed by atoms with Crippen LogP contribution in [0.1, 0.15) is 21.1 Å². The Morgan fingerprint density at radius 2 is 1.94 bits per heavy atom.